The second-order valence-corrected chi connectivity index (χ2v) is 6.93. The fourth-order valence-electron chi connectivity index (χ4n) is 3.29. The van der Waals surface area contributed by atoms with Crippen LogP contribution in [0, 0.1) is 0 Å². The molecule has 152 valence electrons. The van der Waals surface area contributed by atoms with Crippen LogP contribution in [0.3, 0.4) is 0 Å². The number of hydrogen-bond acceptors (Lipinski definition) is 4. The zero-order valence-electron chi connectivity index (χ0n) is 16.6. The number of para-hydroxylation sites is 5. The van der Waals surface area contributed by atoms with E-state index in [1.54, 1.807) is 24.0 Å². The van der Waals surface area contributed by atoms with E-state index in [1.165, 1.54) is 0 Å². The number of hydrogen-bond donors (Lipinski definition) is 1. The first-order valence-corrected chi connectivity index (χ1v) is 9.80. The summed E-state index contributed by atoms with van der Waals surface area (Å²) in [5.74, 6) is 1.52. The lowest BCUT2D eigenvalue weighted by atomic mass is 10.1. The smallest absolute Gasteiger partial charge is 0.267 e. The van der Waals surface area contributed by atoms with Gasteiger partial charge in [-0.1, -0.05) is 42.5 Å². The molecule has 0 fully saturated rings. The van der Waals surface area contributed by atoms with E-state index in [4.69, 9.17) is 9.47 Å². The number of carbonyl (C=O) groups is 2. The lowest BCUT2D eigenvalue weighted by molar-refractivity contribution is -0.125. The van der Waals surface area contributed by atoms with Gasteiger partial charge in [-0.15, -0.1) is 0 Å². The fourth-order valence-corrected chi connectivity index (χ4v) is 3.29. The van der Waals surface area contributed by atoms with E-state index >= 15 is 0 Å². The maximum absolute atomic E-state index is 12.6. The molecular formula is C24H22N2O4. The lowest BCUT2D eigenvalue weighted by Gasteiger charge is -2.32. The van der Waals surface area contributed by atoms with Crippen molar-refractivity contribution >= 4 is 23.2 Å². The molecule has 1 unspecified atom stereocenters. The number of amides is 2. The first-order chi connectivity index (χ1) is 14.6. The lowest BCUT2D eigenvalue weighted by Crippen LogP contribution is -2.45. The molecule has 6 heteroatoms. The molecule has 1 aliphatic heterocycles. The number of carbonyl (C=O) groups excluding carboxylic acids is 2. The molecule has 0 saturated carbocycles. The van der Waals surface area contributed by atoms with Gasteiger partial charge in [0.2, 0.25) is 5.91 Å². The second-order valence-electron chi connectivity index (χ2n) is 6.93. The highest BCUT2D eigenvalue weighted by molar-refractivity contribution is 6.01. The summed E-state index contributed by atoms with van der Waals surface area (Å²) < 4.78 is 11.5. The van der Waals surface area contributed by atoms with Crippen molar-refractivity contribution in [3.05, 3.63) is 78.9 Å². The van der Waals surface area contributed by atoms with Crippen LogP contribution in [-0.2, 0) is 9.59 Å². The molecule has 0 bridgehead atoms. The van der Waals surface area contributed by atoms with Crippen molar-refractivity contribution in [1.29, 1.82) is 0 Å². The molecule has 0 aromatic heterocycles. The van der Waals surface area contributed by atoms with E-state index in [9.17, 15) is 9.59 Å². The van der Waals surface area contributed by atoms with Crippen LogP contribution in [0.4, 0.5) is 11.4 Å². The Morgan fingerprint density at radius 1 is 1.00 bits per heavy atom. The van der Waals surface area contributed by atoms with Crippen molar-refractivity contribution in [2.75, 3.05) is 16.8 Å². The Balaban J connectivity index is 1.43. The Morgan fingerprint density at radius 3 is 2.53 bits per heavy atom. The highest BCUT2D eigenvalue weighted by Crippen LogP contribution is 2.34. The summed E-state index contributed by atoms with van der Waals surface area (Å²) in [4.78, 5) is 26.8. The van der Waals surface area contributed by atoms with Gasteiger partial charge in [0.1, 0.15) is 11.5 Å². The Morgan fingerprint density at radius 2 is 1.70 bits per heavy atom. The minimum Gasteiger partial charge on any atom is -0.479 e. The summed E-state index contributed by atoms with van der Waals surface area (Å²) in [6.45, 7) is 1.97. The van der Waals surface area contributed by atoms with Gasteiger partial charge in [0.05, 0.1) is 11.4 Å². The zero-order chi connectivity index (χ0) is 20.9. The largest absolute Gasteiger partial charge is 0.479 e. The standard InChI is InChI=1S/C24H22N2O4/c1-17-24(28)26(20-12-6-8-14-22(20)29-17)16-15-23(27)25-19-11-5-7-13-21(19)30-18-9-3-2-4-10-18/h2-14,17H,15-16H2,1H3,(H,25,27). The summed E-state index contributed by atoms with van der Waals surface area (Å²) in [6.07, 6.45) is -0.435. The van der Waals surface area contributed by atoms with Crippen LogP contribution >= 0.6 is 0 Å². The Kier molecular flexibility index (Phi) is 5.66. The summed E-state index contributed by atoms with van der Waals surface area (Å²) in [5, 5.41) is 2.89. The molecule has 30 heavy (non-hydrogen) atoms. The minimum atomic E-state index is -0.581. The zero-order valence-corrected chi connectivity index (χ0v) is 16.6. The molecule has 1 N–H and O–H groups in total. The molecule has 0 radical (unpaired) electrons. The number of fused-ring (bicyclic) bond motifs is 1. The summed E-state index contributed by atoms with van der Waals surface area (Å²) >= 11 is 0. The normalized spacial score (nSPS) is 15.2. The van der Waals surface area contributed by atoms with Crippen LogP contribution in [0.2, 0.25) is 0 Å². The summed E-state index contributed by atoms with van der Waals surface area (Å²) in [5.41, 5.74) is 1.26. The SMILES string of the molecule is CC1Oc2ccccc2N(CCC(=O)Nc2ccccc2Oc2ccccc2)C1=O. The van der Waals surface area contributed by atoms with Crippen LogP contribution in [0.1, 0.15) is 13.3 Å². The van der Waals surface area contributed by atoms with E-state index < -0.39 is 6.10 Å². The number of nitrogens with zero attached hydrogens (tertiary/aromatic N) is 1. The van der Waals surface area contributed by atoms with Crippen LogP contribution in [0.25, 0.3) is 0 Å². The Labute approximate surface area is 175 Å². The average molecular weight is 402 g/mol. The van der Waals surface area contributed by atoms with E-state index in [1.807, 2.05) is 66.7 Å². The molecule has 3 aromatic rings. The van der Waals surface area contributed by atoms with E-state index in [0.717, 1.165) is 0 Å². The van der Waals surface area contributed by atoms with Crippen molar-refractivity contribution in [3.8, 4) is 17.2 Å². The molecule has 2 amide bonds. The van der Waals surface area contributed by atoms with E-state index in [-0.39, 0.29) is 24.8 Å². The molecule has 0 aliphatic carbocycles. The molecule has 1 aliphatic rings. The first kappa shape index (κ1) is 19.5. The third kappa shape index (κ3) is 4.27. The van der Waals surface area contributed by atoms with Crippen LogP contribution < -0.4 is 19.7 Å². The van der Waals surface area contributed by atoms with Crippen LogP contribution in [0.5, 0.6) is 17.2 Å². The van der Waals surface area contributed by atoms with Gasteiger partial charge < -0.3 is 19.7 Å². The van der Waals surface area contributed by atoms with Gasteiger partial charge in [-0.25, -0.2) is 0 Å². The highest BCUT2D eigenvalue weighted by atomic mass is 16.5. The molecule has 4 rings (SSSR count). The summed E-state index contributed by atoms with van der Waals surface area (Å²) in [6, 6.07) is 24.0. The third-order valence-corrected chi connectivity index (χ3v) is 4.77. The molecule has 3 aromatic carbocycles. The predicted octanol–water partition coefficient (Wildman–Crippen LogP) is 4.62. The maximum atomic E-state index is 12.6. The first-order valence-electron chi connectivity index (χ1n) is 9.80. The molecule has 1 atom stereocenters. The quantitative estimate of drug-likeness (QED) is 0.653. The topological polar surface area (TPSA) is 67.9 Å². The number of ether oxygens (including phenoxy) is 2. The Hall–Kier alpha value is -3.80. The number of anilines is 2. The fraction of sp³-hybridized carbons (Fsp3) is 0.167. The molecule has 0 saturated heterocycles. The van der Waals surface area contributed by atoms with Gasteiger partial charge in [-0.05, 0) is 43.3 Å². The van der Waals surface area contributed by atoms with Gasteiger partial charge in [0, 0.05) is 13.0 Å². The highest BCUT2D eigenvalue weighted by Gasteiger charge is 2.31. The maximum Gasteiger partial charge on any atom is 0.267 e. The molecule has 1 heterocycles. The van der Waals surface area contributed by atoms with Crippen LogP contribution in [0.15, 0.2) is 78.9 Å². The monoisotopic (exact) mass is 402 g/mol. The Bertz CT molecular complexity index is 1050. The second kappa shape index (κ2) is 8.69. The van der Waals surface area contributed by atoms with Gasteiger partial charge in [0.15, 0.2) is 11.9 Å². The van der Waals surface area contributed by atoms with Crippen molar-refractivity contribution in [2.24, 2.45) is 0 Å². The molecule has 0 spiro atoms. The van der Waals surface area contributed by atoms with Crippen LogP contribution in [-0.4, -0.2) is 24.5 Å². The number of rotatable bonds is 6. The van der Waals surface area contributed by atoms with E-state index in [0.29, 0.717) is 28.6 Å². The van der Waals surface area contributed by atoms with Crippen molar-refractivity contribution in [3.63, 3.8) is 0 Å². The van der Waals surface area contributed by atoms with Gasteiger partial charge in [-0.3, -0.25) is 9.59 Å². The summed E-state index contributed by atoms with van der Waals surface area (Å²) in [7, 11) is 0. The number of benzene rings is 3. The van der Waals surface area contributed by atoms with Gasteiger partial charge in [0.25, 0.3) is 5.91 Å². The molecule has 6 nitrogen and oxygen atoms in total. The minimum absolute atomic E-state index is 0.145. The molecular weight excluding hydrogens is 380 g/mol. The van der Waals surface area contributed by atoms with Crippen molar-refractivity contribution < 1.29 is 19.1 Å². The predicted molar refractivity (Wildman–Crippen MR) is 115 cm³/mol. The van der Waals surface area contributed by atoms with E-state index in [2.05, 4.69) is 5.32 Å². The third-order valence-electron chi connectivity index (χ3n) is 4.77. The van der Waals surface area contributed by atoms with Crippen molar-refractivity contribution in [2.45, 2.75) is 19.4 Å². The number of nitrogens with one attached hydrogen (secondary N) is 1. The van der Waals surface area contributed by atoms with Crippen molar-refractivity contribution in [1.82, 2.24) is 0 Å². The van der Waals surface area contributed by atoms with Gasteiger partial charge in [-0.2, -0.15) is 0 Å². The average Bonchev–Trinajstić information content (AvgIpc) is 2.76. The van der Waals surface area contributed by atoms with Gasteiger partial charge >= 0.3 is 0 Å².